The molecule has 0 radical (unpaired) electrons. The molecule has 7 heteroatoms. The zero-order chi connectivity index (χ0) is 20.3. The van der Waals surface area contributed by atoms with Crippen molar-refractivity contribution in [2.75, 3.05) is 0 Å². The number of rotatable bonds is 6. The lowest BCUT2D eigenvalue weighted by Gasteiger charge is -2.36. The second-order valence-corrected chi connectivity index (χ2v) is 14.5. The number of benzene rings is 2. The van der Waals surface area contributed by atoms with E-state index in [0.29, 0.717) is 5.75 Å². The molecule has 0 saturated heterocycles. The van der Waals surface area contributed by atoms with E-state index in [4.69, 9.17) is 4.43 Å². The van der Waals surface area contributed by atoms with Crippen molar-refractivity contribution >= 4 is 24.6 Å². The first-order valence-electron chi connectivity index (χ1n) is 8.82. The Labute approximate surface area is 163 Å². The minimum absolute atomic E-state index is 0.0598. The predicted molar refractivity (Wildman–Crippen MR) is 113 cm³/mol. The normalized spacial score (nSPS) is 13.0. The maximum Gasteiger partial charge on any atom is 0.276 e. The molecular formula is C20H28N2O3SSi. The summed E-state index contributed by atoms with van der Waals surface area (Å²) in [5.74, 6) is 0.711. The molecule has 0 atom stereocenters. The highest BCUT2D eigenvalue weighted by Gasteiger charge is 2.39. The molecule has 0 saturated carbocycles. The average Bonchev–Trinajstić information content (AvgIpc) is 2.55. The molecule has 0 aromatic heterocycles. The van der Waals surface area contributed by atoms with Crippen molar-refractivity contribution in [2.24, 2.45) is 5.10 Å². The number of nitrogens with zero attached hydrogens (tertiary/aromatic N) is 1. The van der Waals surface area contributed by atoms with Crippen LogP contribution in [0.3, 0.4) is 0 Å². The van der Waals surface area contributed by atoms with Crippen molar-refractivity contribution in [2.45, 2.75) is 50.7 Å². The fourth-order valence-electron chi connectivity index (χ4n) is 2.04. The fraction of sp³-hybridized carbons (Fsp3) is 0.350. The van der Waals surface area contributed by atoms with Gasteiger partial charge in [-0.25, -0.2) is 4.83 Å². The lowest BCUT2D eigenvalue weighted by molar-refractivity contribution is 0.491. The summed E-state index contributed by atoms with van der Waals surface area (Å²) in [6, 6.07) is 14.1. The Morgan fingerprint density at radius 3 is 2.22 bits per heavy atom. The van der Waals surface area contributed by atoms with Crippen molar-refractivity contribution in [3.63, 3.8) is 0 Å². The van der Waals surface area contributed by atoms with Crippen LogP contribution < -0.4 is 9.26 Å². The molecule has 0 amide bonds. The van der Waals surface area contributed by atoms with Crippen LogP contribution in [0.2, 0.25) is 18.1 Å². The fourth-order valence-corrected chi connectivity index (χ4v) is 3.88. The van der Waals surface area contributed by atoms with Crippen molar-refractivity contribution in [3.05, 3.63) is 59.7 Å². The second kappa shape index (κ2) is 7.86. The van der Waals surface area contributed by atoms with E-state index in [1.807, 2.05) is 31.2 Å². The quantitative estimate of drug-likeness (QED) is 0.431. The Hall–Kier alpha value is -2.12. The van der Waals surface area contributed by atoms with E-state index in [9.17, 15) is 8.42 Å². The highest BCUT2D eigenvalue weighted by molar-refractivity contribution is 7.89. The molecular weight excluding hydrogens is 376 g/mol. The molecule has 0 unspecified atom stereocenters. The Morgan fingerprint density at radius 1 is 1.04 bits per heavy atom. The summed E-state index contributed by atoms with van der Waals surface area (Å²) in [5.41, 5.74) is 1.73. The molecule has 0 aliphatic carbocycles. The van der Waals surface area contributed by atoms with Crippen LogP contribution >= 0.6 is 0 Å². The predicted octanol–water partition coefficient (Wildman–Crippen LogP) is 4.69. The molecule has 0 spiro atoms. The van der Waals surface area contributed by atoms with Gasteiger partial charge in [0.05, 0.1) is 11.1 Å². The van der Waals surface area contributed by atoms with Crippen LogP contribution in [0, 0.1) is 6.92 Å². The number of para-hydroxylation sites is 1. The molecule has 0 bridgehead atoms. The summed E-state index contributed by atoms with van der Waals surface area (Å²) in [6.45, 7) is 12.8. The summed E-state index contributed by atoms with van der Waals surface area (Å²) in [7, 11) is -5.71. The Bertz CT molecular complexity index is 915. The molecule has 0 heterocycles. The third-order valence-corrected chi connectivity index (χ3v) is 10.4. The third-order valence-electron chi connectivity index (χ3n) is 4.80. The molecule has 0 aliphatic heterocycles. The first kappa shape index (κ1) is 21.2. The summed E-state index contributed by atoms with van der Waals surface area (Å²) in [6.07, 6.45) is 1.48. The highest BCUT2D eigenvalue weighted by Crippen LogP contribution is 2.37. The lowest BCUT2D eigenvalue weighted by Crippen LogP contribution is -2.44. The first-order valence-corrected chi connectivity index (χ1v) is 13.2. The van der Waals surface area contributed by atoms with Crippen LogP contribution in [-0.4, -0.2) is 22.9 Å². The van der Waals surface area contributed by atoms with Crippen molar-refractivity contribution in [3.8, 4) is 5.75 Å². The van der Waals surface area contributed by atoms with Gasteiger partial charge in [-0.1, -0.05) is 50.6 Å². The van der Waals surface area contributed by atoms with Gasteiger partial charge in [0.25, 0.3) is 18.3 Å². The van der Waals surface area contributed by atoms with E-state index in [2.05, 4.69) is 43.8 Å². The second-order valence-electron chi connectivity index (χ2n) is 8.07. The van der Waals surface area contributed by atoms with Gasteiger partial charge in [-0.2, -0.15) is 13.5 Å². The van der Waals surface area contributed by atoms with E-state index in [1.165, 1.54) is 6.21 Å². The van der Waals surface area contributed by atoms with Gasteiger partial charge >= 0.3 is 0 Å². The van der Waals surface area contributed by atoms with Gasteiger partial charge in [0.1, 0.15) is 5.75 Å². The summed E-state index contributed by atoms with van der Waals surface area (Å²) in [4.78, 5) is 2.44. The molecule has 0 fully saturated rings. The standard InChI is InChI=1S/C20H28N2O3SSi/c1-16-11-13-18(14-12-16)26(23,24)22-21-15-17-9-7-8-10-19(17)25-27(5,6)20(2,3)4/h7-15,22H,1-6H3. The molecule has 2 aromatic carbocycles. The number of hydrazone groups is 1. The first-order chi connectivity index (χ1) is 12.4. The Morgan fingerprint density at radius 2 is 1.63 bits per heavy atom. The van der Waals surface area contributed by atoms with Gasteiger partial charge in [-0.3, -0.25) is 0 Å². The van der Waals surface area contributed by atoms with Gasteiger partial charge < -0.3 is 4.43 Å². The molecule has 5 nitrogen and oxygen atoms in total. The number of sulfonamides is 1. The van der Waals surface area contributed by atoms with Crippen LogP contribution in [0.25, 0.3) is 0 Å². The van der Waals surface area contributed by atoms with E-state index in [-0.39, 0.29) is 9.93 Å². The molecule has 1 N–H and O–H groups in total. The van der Waals surface area contributed by atoms with Crippen LogP contribution in [0.1, 0.15) is 31.9 Å². The number of nitrogens with one attached hydrogen (secondary N) is 1. The zero-order valence-corrected chi connectivity index (χ0v) is 18.6. The number of aryl methyl sites for hydroxylation is 1. The topological polar surface area (TPSA) is 67.8 Å². The SMILES string of the molecule is Cc1ccc(S(=O)(=O)NN=Cc2ccccc2O[Si](C)(C)C(C)(C)C)cc1. The smallest absolute Gasteiger partial charge is 0.276 e. The van der Waals surface area contributed by atoms with Crippen LogP contribution in [0.4, 0.5) is 0 Å². The van der Waals surface area contributed by atoms with Crippen LogP contribution in [-0.2, 0) is 10.0 Å². The van der Waals surface area contributed by atoms with Gasteiger partial charge in [-0.15, -0.1) is 0 Å². The molecule has 0 aliphatic rings. The Kier molecular flexibility index (Phi) is 6.16. The minimum Gasteiger partial charge on any atom is -0.543 e. The molecule has 2 rings (SSSR count). The minimum atomic E-state index is -3.70. The van der Waals surface area contributed by atoms with Crippen molar-refractivity contribution < 1.29 is 12.8 Å². The van der Waals surface area contributed by atoms with E-state index >= 15 is 0 Å². The Balaban J connectivity index is 2.19. The van der Waals surface area contributed by atoms with Crippen molar-refractivity contribution in [1.82, 2.24) is 4.83 Å². The largest absolute Gasteiger partial charge is 0.543 e. The molecule has 27 heavy (non-hydrogen) atoms. The number of hydrogen-bond donors (Lipinski definition) is 1. The van der Waals surface area contributed by atoms with Crippen LogP contribution in [0.5, 0.6) is 5.75 Å². The van der Waals surface area contributed by atoms with Gasteiger partial charge in [0.15, 0.2) is 0 Å². The van der Waals surface area contributed by atoms with E-state index < -0.39 is 18.3 Å². The monoisotopic (exact) mass is 404 g/mol. The maximum atomic E-state index is 12.3. The maximum absolute atomic E-state index is 12.3. The highest BCUT2D eigenvalue weighted by atomic mass is 32.2. The molecule has 2 aromatic rings. The molecule has 146 valence electrons. The lowest BCUT2D eigenvalue weighted by atomic mass is 10.2. The van der Waals surface area contributed by atoms with E-state index in [1.54, 1.807) is 24.3 Å². The van der Waals surface area contributed by atoms with E-state index in [0.717, 1.165) is 11.1 Å². The van der Waals surface area contributed by atoms with Crippen LogP contribution in [0.15, 0.2) is 58.5 Å². The van der Waals surface area contributed by atoms with Gasteiger partial charge in [0.2, 0.25) is 0 Å². The number of hydrogen-bond acceptors (Lipinski definition) is 4. The average molecular weight is 405 g/mol. The summed E-state index contributed by atoms with van der Waals surface area (Å²) < 4.78 is 31.0. The van der Waals surface area contributed by atoms with Gasteiger partial charge in [-0.05, 0) is 49.3 Å². The van der Waals surface area contributed by atoms with Gasteiger partial charge in [0, 0.05) is 5.56 Å². The summed E-state index contributed by atoms with van der Waals surface area (Å²) in [5, 5.41) is 4.00. The third kappa shape index (κ3) is 5.43. The van der Waals surface area contributed by atoms with Crippen molar-refractivity contribution in [1.29, 1.82) is 0 Å². The zero-order valence-electron chi connectivity index (χ0n) is 16.8. The summed E-state index contributed by atoms with van der Waals surface area (Å²) >= 11 is 0.